The van der Waals surface area contributed by atoms with Crippen LogP contribution >= 0.6 is 0 Å². The molecule has 0 saturated carbocycles. The van der Waals surface area contributed by atoms with Gasteiger partial charge in [0.05, 0.1) is 12.7 Å². The largest absolute Gasteiger partial charge is 0.497 e. The molecular formula is C15H11F5O. The zero-order valence-electron chi connectivity index (χ0n) is 10.9. The molecule has 0 atom stereocenters. The Morgan fingerprint density at radius 1 is 0.952 bits per heavy atom. The quantitative estimate of drug-likeness (QED) is 0.697. The van der Waals surface area contributed by atoms with Crippen LogP contribution in [0.5, 0.6) is 5.75 Å². The predicted octanol–water partition coefficient (Wildman–Crippen LogP) is 5.32. The Morgan fingerprint density at radius 2 is 1.57 bits per heavy atom. The van der Waals surface area contributed by atoms with Crippen molar-refractivity contribution < 1.29 is 26.7 Å². The molecule has 0 N–H and O–H groups in total. The predicted molar refractivity (Wildman–Crippen MR) is 68.4 cm³/mol. The van der Waals surface area contributed by atoms with Gasteiger partial charge in [0.15, 0.2) is 0 Å². The lowest BCUT2D eigenvalue weighted by atomic mass is 9.98. The van der Waals surface area contributed by atoms with Gasteiger partial charge in [-0.3, -0.25) is 0 Å². The smallest absolute Gasteiger partial charge is 0.416 e. The zero-order chi connectivity index (χ0) is 15.6. The molecule has 0 radical (unpaired) electrons. The van der Waals surface area contributed by atoms with Crippen LogP contribution in [0.3, 0.4) is 0 Å². The van der Waals surface area contributed by atoms with Gasteiger partial charge in [-0.15, -0.1) is 0 Å². The fraction of sp³-hybridized carbons (Fsp3) is 0.200. The van der Waals surface area contributed by atoms with Gasteiger partial charge in [0.1, 0.15) is 5.75 Å². The number of ether oxygens (including phenoxy) is 1. The van der Waals surface area contributed by atoms with Crippen molar-refractivity contribution in [2.45, 2.75) is 12.6 Å². The summed E-state index contributed by atoms with van der Waals surface area (Å²) in [6, 6.07) is 8.04. The molecule has 2 aromatic carbocycles. The van der Waals surface area contributed by atoms with Gasteiger partial charge in [-0.25, -0.2) is 8.78 Å². The van der Waals surface area contributed by atoms with Crippen molar-refractivity contribution in [2.24, 2.45) is 0 Å². The van der Waals surface area contributed by atoms with Crippen LogP contribution in [-0.2, 0) is 6.18 Å². The Kier molecular flexibility index (Phi) is 4.16. The van der Waals surface area contributed by atoms with Crippen LogP contribution < -0.4 is 4.74 Å². The first-order chi connectivity index (χ1) is 9.82. The van der Waals surface area contributed by atoms with Gasteiger partial charge in [-0.05, 0) is 41.5 Å². The van der Waals surface area contributed by atoms with Crippen molar-refractivity contribution in [3.8, 4) is 16.9 Å². The summed E-state index contributed by atoms with van der Waals surface area (Å²) in [6.07, 6.45) is -7.19. The highest BCUT2D eigenvalue weighted by Crippen LogP contribution is 2.36. The van der Waals surface area contributed by atoms with E-state index in [2.05, 4.69) is 0 Å². The van der Waals surface area contributed by atoms with Gasteiger partial charge < -0.3 is 4.74 Å². The molecule has 0 amide bonds. The highest BCUT2D eigenvalue weighted by molar-refractivity contribution is 5.69. The third-order valence-corrected chi connectivity index (χ3v) is 3.02. The second kappa shape index (κ2) is 5.71. The van der Waals surface area contributed by atoms with E-state index in [0.29, 0.717) is 5.75 Å². The van der Waals surface area contributed by atoms with Crippen molar-refractivity contribution in [2.75, 3.05) is 7.11 Å². The van der Waals surface area contributed by atoms with Crippen molar-refractivity contribution >= 4 is 0 Å². The van der Waals surface area contributed by atoms with Gasteiger partial charge in [-0.2, -0.15) is 13.2 Å². The average Bonchev–Trinajstić information content (AvgIpc) is 2.45. The Balaban J connectivity index is 2.50. The third-order valence-electron chi connectivity index (χ3n) is 3.02. The molecular weight excluding hydrogens is 291 g/mol. The first-order valence-electron chi connectivity index (χ1n) is 5.96. The first-order valence-corrected chi connectivity index (χ1v) is 5.96. The highest BCUT2D eigenvalue weighted by Gasteiger charge is 2.30. The van der Waals surface area contributed by atoms with Gasteiger partial charge in [0.25, 0.3) is 6.43 Å². The second-order valence-electron chi connectivity index (χ2n) is 4.33. The highest BCUT2D eigenvalue weighted by atomic mass is 19.4. The Labute approximate surface area is 118 Å². The standard InChI is InChI=1S/C15H11F5O/c1-21-11-6-7-12(14(16)17)13(8-11)9-2-4-10(5-3-9)15(18,19)20/h2-8,14H,1H3. The second-order valence-corrected chi connectivity index (χ2v) is 4.33. The molecule has 0 unspecified atom stereocenters. The van der Waals surface area contributed by atoms with Crippen LogP contribution in [0.25, 0.3) is 11.1 Å². The minimum Gasteiger partial charge on any atom is -0.497 e. The van der Waals surface area contributed by atoms with E-state index < -0.39 is 18.2 Å². The van der Waals surface area contributed by atoms with E-state index in [0.717, 1.165) is 12.1 Å². The molecule has 2 aromatic rings. The molecule has 0 aliphatic rings. The first kappa shape index (κ1) is 15.3. The van der Waals surface area contributed by atoms with E-state index in [1.54, 1.807) is 0 Å². The van der Waals surface area contributed by atoms with Crippen molar-refractivity contribution in [3.63, 3.8) is 0 Å². The summed E-state index contributed by atoms with van der Waals surface area (Å²) in [5.74, 6) is 0.356. The fourth-order valence-electron chi connectivity index (χ4n) is 1.94. The van der Waals surface area contributed by atoms with Crippen LogP contribution in [0, 0.1) is 0 Å². The molecule has 0 saturated heterocycles. The van der Waals surface area contributed by atoms with Gasteiger partial charge >= 0.3 is 6.18 Å². The van der Waals surface area contributed by atoms with Crippen LogP contribution in [0.2, 0.25) is 0 Å². The van der Waals surface area contributed by atoms with Crippen LogP contribution in [0.1, 0.15) is 17.6 Å². The third kappa shape index (κ3) is 3.32. The maximum atomic E-state index is 13.0. The van der Waals surface area contributed by atoms with E-state index in [1.807, 2.05) is 0 Å². The summed E-state index contributed by atoms with van der Waals surface area (Å²) in [5, 5.41) is 0. The SMILES string of the molecule is COc1ccc(C(F)F)c(-c2ccc(C(F)(F)F)cc2)c1. The molecule has 2 rings (SSSR count). The van der Waals surface area contributed by atoms with E-state index in [9.17, 15) is 22.0 Å². The normalized spacial score (nSPS) is 11.8. The Hall–Kier alpha value is -2.11. The average molecular weight is 302 g/mol. The molecule has 0 bridgehead atoms. The summed E-state index contributed by atoms with van der Waals surface area (Å²) < 4.78 is 68.5. The Morgan fingerprint density at radius 3 is 2.05 bits per heavy atom. The van der Waals surface area contributed by atoms with E-state index in [4.69, 9.17) is 4.74 Å². The maximum Gasteiger partial charge on any atom is 0.416 e. The molecule has 112 valence electrons. The summed E-state index contributed by atoms with van der Waals surface area (Å²) >= 11 is 0. The molecule has 21 heavy (non-hydrogen) atoms. The summed E-state index contributed by atoms with van der Waals surface area (Å²) in [6.45, 7) is 0. The molecule has 6 heteroatoms. The van der Waals surface area contributed by atoms with E-state index in [-0.39, 0.29) is 16.7 Å². The van der Waals surface area contributed by atoms with Crippen molar-refractivity contribution in [3.05, 3.63) is 53.6 Å². The summed E-state index contributed by atoms with van der Waals surface area (Å²) in [7, 11) is 1.38. The molecule has 0 fully saturated rings. The van der Waals surface area contributed by atoms with Crippen LogP contribution in [0.4, 0.5) is 22.0 Å². The van der Waals surface area contributed by atoms with Crippen LogP contribution in [0.15, 0.2) is 42.5 Å². The fourth-order valence-corrected chi connectivity index (χ4v) is 1.94. The lowest BCUT2D eigenvalue weighted by Crippen LogP contribution is -2.04. The maximum absolute atomic E-state index is 13.0. The topological polar surface area (TPSA) is 9.23 Å². The van der Waals surface area contributed by atoms with E-state index in [1.165, 1.54) is 37.4 Å². The molecule has 1 nitrogen and oxygen atoms in total. The lowest BCUT2D eigenvalue weighted by Gasteiger charge is -2.12. The number of hydrogen-bond acceptors (Lipinski definition) is 1. The number of rotatable bonds is 3. The monoisotopic (exact) mass is 302 g/mol. The minimum atomic E-state index is -4.46. The van der Waals surface area contributed by atoms with Crippen molar-refractivity contribution in [1.82, 2.24) is 0 Å². The van der Waals surface area contributed by atoms with Gasteiger partial charge in [0.2, 0.25) is 0 Å². The van der Waals surface area contributed by atoms with Crippen LogP contribution in [-0.4, -0.2) is 7.11 Å². The molecule has 0 heterocycles. The molecule has 0 spiro atoms. The number of hydrogen-bond donors (Lipinski definition) is 0. The summed E-state index contributed by atoms with van der Waals surface area (Å²) in [4.78, 5) is 0. The minimum absolute atomic E-state index is 0.151. The lowest BCUT2D eigenvalue weighted by molar-refractivity contribution is -0.137. The van der Waals surface area contributed by atoms with E-state index >= 15 is 0 Å². The number of benzene rings is 2. The summed E-state index contributed by atoms with van der Waals surface area (Å²) in [5.41, 5.74) is -0.654. The number of methoxy groups -OCH3 is 1. The zero-order valence-corrected chi connectivity index (χ0v) is 10.9. The van der Waals surface area contributed by atoms with Gasteiger partial charge in [-0.1, -0.05) is 12.1 Å². The molecule has 0 aromatic heterocycles. The number of halogens is 5. The molecule has 0 aliphatic carbocycles. The molecule has 0 aliphatic heterocycles. The number of alkyl halides is 5. The van der Waals surface area contributed by atoms with Gasteiger partial charge in [0, 0.05) is 5.56 Å². The Bertz CT molecular complexity index is 617. The van der Waals surface area contributed by atoms with Crippen molar-refractivity contribution in [1.29, 1.82) is 0 Å².